The van der Waals surface area contributed by atoms with Crippen LogP contribution in [0.25, 0.3) is 22.5 Å². The number of carbonyl (C=O) groups excluding carboxylic acids is 1. The highest BCUT2D eigenvalue weighted by atomic mass is 16.5. The molecule has 254 valence electrons. The van der Waals surface area contributed by atoms with Gasteiger partial charge >= 0.3 is 5.97 Å². The van der Waals surface area contributed by atoms with E-state index in [-0.39, 0.29) is 17.6 Å². The number of esters is 1. The van der Waals surface area contributed by atoms with Crippen LogP contribution in [0.4, 0.5) is 0 Å². The second-order valence-corrected chi connectivity index (χ2v) is 13.4. The van der Waals surface area contributed by atoms with Crippen molar-refractivity contribution >= 4 is 5.97 Å². The van der Waals surface area contributed by atoms with Gasteiger partial charge in [-0.05, 0) is 72.6 Å². The Kier molecular flexibility index (Phi) is 9.57. The summed E-state index contributed by atoms with van der Waals surface area (Å²) in [4.78, 5) is 27.1. The van der Waals surface area contributed by atoms with Gasteiger partial charge in [0.15, 0.2) is 0 Å². The fourth-order valence-corrected chi connectivity index (χ4v) is 7.75. The summed E-state index contributed by atoms with van der Waals surface area (Å²) in [5.74, 6) is 0.229. The number of hydrogen-bond donors (Lipinski definition) is 1. The summed E-state index contributed by atoms with van der Waals surface area (Å²) in [6.07, 6.45) is 10.2. The number of rotatable bonds is 14. The first kappa shape index (κ1) is 32.7. The first-order valence-corrected chi connectivity index (χ1v) is 17.6. The summed E-state index contributed by atoms with van der Waals surface area (Å²) in [6.45, 7) is 4.75. The molecular formula is C39H44N6O4. The van der Waals surface area contributed by atoms with Crippen LogP contribution in [0.5, 0.6) is 0 Å². The lowest BCUT2D eigenvalue weighted by Gasteiger charge is -2.49. The van der Waals surface area contributed by atoms with Gasteiger partial charge in [0.05, 0.1) is 36.5 Å². The van der Waals surface area contributed by atoms with Crippen molar-refractivity contribution in [3.05, 3.63) is 112 Å². The number of hydrogen-bond acceptors (Lipinski definition) is 7. The second-order valence-electron chi connectivity index (χ2n) is 13.4. The molecule has 1 saturated carbocycles. The number of tetrazole rings is 1. The maximum absolute atomic E-state index is 14.2. The standard InChI is InChI=1S/C39H44N6O4/c1-3-5-6-15-35(32-12-8-10-14-34(32)38(47)48-4-2)49-26-39-22-20-30(21-23-39)44-25-29(37(46)45(39)44)24-27-16-18-28(19-17-27)31-11-7-9-13-33(31)36-40-42-43-41-36/h7-14,16-19,25,30,35H,3-6,15,20-24,26H2,1-2H3,(H,40,41,42,43). The summed E-state index contributed by atoms with van der Waals surface area (Å²) in [5, 5.41) is 14.6. The average Bonchev–Trinajstić information content (AvgIpc) is 3.80. The SMILES string of the molecule is CCCCCC(OCC12CCC(CC1)n1cc(Cc3ccc(-c4ccccc4-c4nn[nH]n4)cc3)c(=O)n12)c1ccccc1C(=O)OCC. The van der Waals surface area contributed by atoms with Crippen LogP contribution in [-0.4, -0.2) is 49.2 Å². The second kappa shape index (κ2) is 14.3. The van der Waals surface area contributed by atoms with E-state index in [1.165, 1.54) is 0 Å². The van der Waals surface area contributed by atoms with Gasteiger partial charge in [0.2, 0.25) is 5.82 Å². The molecule has 1 atom stereocenters. The zero-order valence-electron chi connectivity index (χ0n) is 28.3. The van der Waals surface area contributed by atoms with Gasteiger partial charge in [-0.1, -0.05) is 92.9 Å². The Morgan fingerprint density at radius 1 is 0.980 bits per heavy atom. The minimum absolute atomic E-state index is 0.0639. The van der Waals surface area contributed by atoms with E-state index in [1.54, 1.807) is 0 Å². The molecule has 10 heteroatoms. The number of carbonyl (C=O) groups is 1. The van der Waals surface area contributed by atoms with Crippen LogP contribution in [-0.2, 0) is 21.4 Å². The van der Waals surface area contributed by atoms with E-state index in [2.05, 4.69) is 68.8 Å². The number of H-pyrrole nitrogens is 1. The molecule has 3 aliphatic rings. The third-order valence-electron chi connectivity index (χ3n) is 10.3. The quantitative estimate of drug-likeness (QED) is 0.0973. The van der Waals surface area contributed by atoms with Crippen LogP contribution >= 0.6 is 0 Å². The lowest BCUT2D eigenvalue weighted by atomic mass is 9.78. The monoisotopic (exact) mass is 660 g/mol. The lowest BCUT2D eigenvalue weighted by Crippen LogP contribution is -2.54. The predicted molar refractivity (Wildman–Crippen MR) is 187 cm³/mol. The molecular weight excluding hydrogens is 616 g/mol. The van der Waals surface area contributed by atoms with Gasteiger partial charge in [-0.15, -0.1) is 10.2 Å². The maximum atomic E-state index is 14.2. The maximum Gasteiger partial charge on any atom is 0.338 e. The molecule has 2 bridgehead atoms. The number of nitrogens with one attached hydrogen (secondary N) is 1. The minimum atomic E-state index is -0.422. The number of unbranched alkanes of at least 4 members (excludes halogenated alkanes) is 2. The first-order valence-electron chi connectivity index (χ1n) is 17.6. The Morgan fingerprint density at radius 3 is 2.47 bits per heavy atom. The van der Waals surface area contributed by atoms with Crippen molar-refractivity contribution in [1.82, 2.24) is 30.0 Å². The van der Waals surface area contributed by atoms with Crippen LogP contribution in [0.15, 0.2) is 83.8 Å². The van der Waals surface area contributed by atoms with Crippen molar-refractivity contribution in [3.63, 3.8) is 0 Å². The molecule has 4 heterocycles. The zero-order valence-corrected chi connectivity index (χ0v) is 28.3. The van der Waals surface area contributed by atoms with E-state index in [4.69, 9.17) is 9.47 Å². The number of aromatic amines is 1. The van der Waals surface area contributed by atoms with Crippen molar-refractivity contribution in [1.29, 1.82) is 0 Å². The van der Waals surface area contributed by atoms with Crippen molar-refractivity contribution in [3.8, 4) is 22.5 Å². The molecule has 1 unspecified atom stereocenters. The van der Waals surface area contributed by atoms with Gasteiger partial charge in [0.1, 0.15) is 0 Å². The molecule has 0 radical (unpaired) electrons. The van der Waals surface area contributed by atoms with Crippen LogP contribution in [0.2, 0.25) is 0 Å². The number of nitrogens with zero attached hydrogens (tertiary/aromatic N) is 5. The van der Waals surface area contributed by atoms with Crippen molar-refractivity contribution < 1.29 is 14.3 Å². The number of ether oxygens (including phenoxy) is 2. The highest BCUT2D eigenvalue weighted by molar-refractivity contribution is 5.91. The normalized spacial score (nSPS) is 18.7. The molecule has 1 aliphatic carbocycles. The van der Waals surface area contributed by atoms with Crippen LogP contribution in [0, 0.1) is 0 Å². The largest absolute Gasteiger partial charge is 0.462 e. The van der Waals surface area contributed by atoms with Crippen LogP contribution in [0.1, 0.15) is 104 Å². The molecule has 5 aromatic rings. The van der Waals surface area contributed by atoms with E-state index in [1.807, 2.05) is 54.1 Å². The minimum Gasteiger partial charge on any atom is -0.462 e. The molecule has 0 saturated heterocycles. The van der Waals surface area contributed by atoms with Crippen LogP contribution < -0.4 is 5.56 Å². The topological polar surface area (TPSA) is 117 Å². The molecule has 1 N–H and O–H groups in total. The Morgan fingerprint density at radius 2 is 1.73 bits per heavy atom. The lowest BCUT2D eigenvalue weighted by molar-refractivity contribution is -0.0644. The van der Waals surface area contributed by atoms with Crippen molar-refractivity contribution in [2.45, 2.75) is 89.3 Å². The molecule has 0 amide bonds. The van der Waals surface area contributed by atoms with Gasteiger partial charge in [0.25, 0.3) is 5.56 Å². The summed E-state index contributed by atoms with van der Waals surface area (Å²) in [6, 6.07) is 24.3. The summed E-state index contributed by atoms with van der Waals surface area (Å²) < 4.78 is 16.4. The molecule has 8 rings (SSSR count). The average molecular weight is 661 g/mol. The number of aromatic nitrogens is 6. The molecule has 3 aromatic carbocycles. The van der Waals surface area contributed by atoms with E-state index in [0.29, 0.717) is 37.1 Å². The molecule has 2 aliphatic heterocycles. The Bertz CT molecular complexity index is 1940. The number of benzene rings is 3. The van der Waals surface area contributed by atoms with E-state index in [0.717, 1.165) is 84.7 Å². The van der Waals surface area contributed by atoms with Gasteiger partial charge in [-0.3, -0.25) is 9.48 Å². The summed E-state index contributed by atoms with van der Waals surface area (Å²) in [5.41, 5.74) is 5.91. The van der Waals surface area contributed by atoms with E-state index < -0.39 is 5.54 Å². The Hall–Kier alpha value is -4.83. The molecule has 10 nitrogen and oxygen atoms in total. The van der Waals surface area contributed by atoms with Crippen LogP contribution in [0.3, 0.4) is 0 Å². The van der Waals surface area contributed by atoms with Gasteiger partial charge in [0, 0.05) is 23.7 Å². The summed E-state index contributed by atoms with van der Waals surface area (Å²) >= 11 is 0. The van der Waals surface area contributed by atoms with E-state index >= 15 is 0 Å². The fourth-order valence-electron chi connectivity index (χ4n) is 7.75. The fraction of sp³-hybridized carbons (Fsp3) is 0.410. The Balaban J connectivity index is 1.13. The highest BCUT2D eigenvalue weighted by Crippen LogP contribution is 2.46. The van der Waals surface area contributed by atoms with Crippen molar-refractivity contribution in [2.24, 2.45) is 0 Å². The third kappa shape index (κ3) is 6.49. The van der Waals surface area contributed by atoms with E-state index in [9.17, 15) is 9.59 Å². The number of fused-ring (bicyclic) bond motifs is 2. The Labute approximate surface area is 286 Å². The predicted octanol–water partition coefficient (Wildman–Crippen LogP) is 7.43. The van der Waals surface area contributed by atoms with Crippen molar-refractivity contribution in [2.75, 3.05) is 13.2 Å². The third-order valence-corrected chi connectivity index (χ3v) is 10.3. The molecule has 0 spiro atoms. The summed E-state index contributed by atoms with van der Waals surface area (Å²) in [7, 11) is 0. The van der Waals surface area contributed by atoms with Gasteiger partial charge in [-0.2, -0.15) is 5.21 Å². The molecule has 2 aromatic heterocycles. The van der Waals surface area contributed by atoms with Gasteiger partial charge in [-0.25, -0.2) is 9.48 Å². The highest BCUT2D eigenvalue weighted by Gasteiger charge is 2.46. The molecule has 49 heavy (non-hydrogen) atoms. The zero-order chi connectivity index (χ0) is 33.8. The smallest absolute Gasteiger partial charge is 0.338 e. The van der Waals surface area contributed by atoms with Gasteiger partial charge < -0.3 is 9.47 Å². The molecule has 1 fully saturated rings. The first-order chi connectivity index (χ1) is 24.0.